The van der Waals surface area contributed by atoms with E-state index in [2.05, 4.69) is 36.8 Å². The lowest BCUT2D eigenvalue weighted by Crippen LogP contribution is -2.27. The summed E-state index contributed by atoms with van der Waals surface area (Å²) in [5.74, 6) is 0.399. The fraction of sp³-hybridized carbons (Fsp3) is 0.360. The number of nitriles is 1. The van der Waals surface area contributed by atoms with Crippen LogP contribution in [0.25, 0.3) is 26.0 Å². The molecule has 0 radical (unpaired) electrons. The van der Waals surface area contributed by atoms with Crippen molar-refractivity contribution in [3.8, 4) is 6.07 Å². The molecule has 0 spiro atoms. The molecule has 1 atom stereocenters. The molecule has 33 heavy (non-hydrogen) atoms. The van der Waals surface area contributed by atoms with E-state index in [1.165, 1.54) is 27.1 Å². The highest BCUT2D eigenvalue weighted by Gasteiger charge is 2.31. The van der Waals surface area contributed by atoms with Crippen molar-refractivity contribution in [2.75, 3.05) is 0 Å². The van der Waals surface area contributed by atoms with E-state index < -0.39 is 0 Å². The first-order chi connectivity index (χ1) is 15.8. The summed E-state index contributed by atoms with van der Waals surface area (Å²) in [5.41, 5.74) is 2.03. The van der Waals surface area contributed by atoms with Crippen LogP contribution in [0.1, 0.15) is 42.6 Å². The van der Waals surface area contributed by atoms with Crippen molar-refractivity contribution in [3.63, 3.8) is 0 Å². The van der Waals surface area contributed by atoms with Gasteiger partial charge in [-0.25, -0.2) is 9.97 Å². The summed E-state index contributed by atoms with van der Waals surface area (Å²) in [7, 11) is 0. The maximum atomic E-state index is 13.4. The molecule has 3 heterocycles. The van der Waals surface area contributed by atoms with Crippen LogP contribution in [-0.4, -0.2) is 19.6 Å². The fourth-order valence-electron chi connectivity index (χ4n) is 4.51. The predicted molar refractivity (Wildman–Crippen MR) is 134 cm³/mol. The quantitative estimate of drug-likeness (QED) is 0.302. The first-order valence-electron chi connectivity index (χ1n) is 10.9. The molecule has 0 amide bonds. The Morgan fingerprint density at radius 2 is 2.09 bits per heavy atom. The summed E-state index contributed by atoms with van der Waals surface area (Å²) in [4.78, 5) is 24.4. The smallest absolute Gasteiger partial charge is 0.262 e. The Labute approximate surface area is 199 Å². The molecule has 1 N–H and O–H groups in total. The molecule has 168 valence electrons. The third-order valence-corrected chi connectivity index (χ3v) is 8.71. The number of aromatic nitrogens is 3. The van der Waals surface area contributed by atoms with Gasteiger partial charge < -0.3 is 5.11 Å². The van der Waals surface area contributed by atoms with Gasteiger partial charge in [0.1, 0.15) is 27.2 Å². The fourth-order valence-corrected chi connectivity index (χ4v) is 6.75. The minimum atomic E-state index is -0.184. The van der Waals surface area contributed by atoms with Gasteiger partial charge in [0.05, 0.1) is 28.5 Å². The molecule has 4 aromatic rings. The van der Waals surface area contributed by atoms with Gasteiger partial charge in [-0.05, 0) is 48.3 Å². The molecule has 1 aromatic carbocycles. The largest absolute Gasteiger partial charge is 0.509 e. The van der Waals surface area contributed by atoms with Gasteiger partial charge in [0.2, 0.25) is 0 Å². The molecule has 0 fully saturated rings. The van der Waals surface area contributed by atoms with E-state index in [1.54, 1.807) is 11.3 Å². The lowest BCUT2D eigenvalue weighted by Gasteiger charge is -2.33. The van der Waals surface area contributed by atoms with Crippen molar-refractivity contribution in [1.29, 1.82) is 5.26 Å². The lowest BCUT2D eigenvalue weighted by atomic mass is 9.72. The number of thiazole rings is 1. The van der Waals surface area contributed by atoms with Gasteiger partial charge in [0, 0.05) is 4.88 Å². The number of hydrogen-bond donors (Lipinski definition) is 1. The minimum Gasteiger partial charge on any atom is -0.509 e. The van der Waals surface area contributed by atoms with Crippen LogP contribution in [0.15, 0.2) is 41.1 Å². The third-order valence-electron chi connectivity index (χ3n) is 6.49. The minimum absolute atomic E-state index is 0.0866. The van der Waals surface area contributed by atoms with Crippen molar-refractivity contribution in [2.45, 2.75) is 46.6 Å². The second-order valence-electron chi connectivity index (χ2n) is 9.59. The zero-order valence-corrected chi connectivity index (χ0v) is 20.4. The Morgan fingerprint density at radius 1 is 1.30 bits per heavy atom. The zero-order valence-electron chi connectivity index (χ0n) is 18.8. The van der Waals surface area contributed by atoms with Gasteiger partial charge in [0.15, 0.2) is 0 Å². The van der Waals surface area contributed by atoms with Crippen LogP contribution in [0, 0.1) is 22.7 Å². The number of fused-ring (bicyclic) bond motifs is 4. The van der Waals surface area contributed by atoms with Gasteiger partial charge in [-0.15, -0.1) is 22.7 Å². The summed E-state index contributed by atoms with van der Waals surface area (Å²) >= 11 is 2.96. The van der Waals surface area contributed by atoms with Crippen molar-refractivity contribution in [1.82, 2.24) is 14.5 Å². The van der Waals surface area contributed by atoms with Crippen LogP contribution >= 0.6 is 22.7 Å². The van der Waals surface area contributed by atoms with Gasteiger partial charge in [0.25, 0.3) is 5.56 Å². The van der Waals surface area contributed by atoms with Gasteiger partial charge >= 0.3 is 0 Å². The number of para-hydroxylation sites is 1. The van der Waals surface area contributed by atoms with Crippen molar-refractivity contribution < 1.29 is 5.11 Å². The first kappa shape index (κ1) is 21.8. The summed E-state index contributed by atoms with van der Waals surface area (Å²) < 4.78 is 2.33. The van der Waals surface area contributed by atoms with E-state index in [9.17, 15) is 15.2 Å². The SMILES string of the molecule is CC(C)(C)C1CCc2c(sc3ncn(C/C(O)=C(\C#N)c4nc5ccccc5s4)c(=O)c23)C1. The molecule has 1 aliphatic carbocycles. The van der Waals surface area contributed by atoms with E-state index in [0.29, 0.717) is 16.3 Å². The van der Waals surface area contributed by atoms with Crippen LogP contribution in [0.5, 0.6) is 0 Å². The number of benzene rings is 1. The molecule has 0 saturated carbocycles. The van der Waals surface area contributed by atoms with Crippen LogP contribution in [0.4, 0.5) is 0 Å². The number of thiophene rings is 1. The van der Waals surface area contributed by atoms with E-state index in [0.717, 1.165) is 39.9 Å². The molecule has 1 aliphatic rings. The average Bonchev–Trinajstić information content (AvgIpc) is 3.36. The van der Waals surface area contributed by atoms with Gasteiger partial charge in [-0.1, -0.05) is 32.9 Å². The molecule has 0 aliphatic heterocycles. The number of aryl methyl sites for hydroxylation is 1. The Morgan fingerprint density at radius 3 is 2.82 bits per heavy atom. The van der Waals surface area contributed by atoms with E-state index in [-0.39, 0.29) is 28.9 Å². The predicted octanol–water partition coefficient (Wildman–Crippen LogP) is 5.71. The monoisotopic (exact) mass is 476 g/mol. The summed E-state index contributed by atoms with van der Waals surface area (Å²) in [6.07, 6.45) is 4.37. The standard InChI is InChI=1S/C25H24N4O2S2/c1-25(2,3)14-8-9-15-20(10-14)33-23-21(15)24(31)29(13-27-23)12-18(30)16(11-26)22-28-17-6-4-5-7-19(17)32-22/h4-7,13-14,30H,8-10,12H2,1-3H3/b18-16-. The molecular weight excluding hydrogens is 452 g/mol. The summed E-state index contributed by atoms with van der Waals surface area (Å²) in [6, 6.07) is 9.65. The second-order valence-corrected chi connectivity index (χ2v) is 11.7. The summed E-state index contributed by atoms with van der Waals surface area (Å²) in [5, 5.41) is 21.6. The molecule has 0 saturated heterocycles. The molecular formula is C25H24N4O2S2. The molecule has 5 rings (SSSR count). The van der Waals surface area contributed by atoms with E-state index >= 15 is 0 Å². The molecule has 1 unspecified atom stereocenters. The van der Waals surface area contributed by atoms with Gasteiger partial charge in [-0.3, -0.25) is 9.36 Å². The van der Waals surface area contributed by atoms with E-state index in [4.69, 9.17) is 0 Å². The molecule has 8 heteroatoms. The average molecular weight is 477 g/mol. The normalized spacial score (nSPS) is 17.1. The maximum absolute atomic E-state index is 13.4. The zero-order chi connectivity index (χ0) is 23.3. The van der Waals surface area contributed by atoms with Crippen LogP contribution in [-0.2, 0) is 19.4 Å². The Hall–Kier alpha value is -3.02. The summed E-state index contributed by atoms with van der Waals surface area (Å²) in [6.45, 7) is 6.70. The van der Waals surface area contributed by atoms with Crippen LogP contribution in [0.3, 0.4) is 0 Å². The van der Waals surface area contributed by atoms with E-state index in [1.807, 2.05) is 24.3 Å². The molecule has 6 nitrogen and oxygen atoms in total. The third kappa shape index (κ3) is 3.85. The number of rotatable bonds is 3. The second kappa shape index (κ2) is 8.08. The highest BCUT2D eigenvalue weighted by Crippen LogP contribution is 2.42. The molecule has 3 aromatic heterocycles. The van der Waals surface area contributed by atoms with Gasteiger partial charge in [-0.2, -0.15) is 5.26 Å². The number of nitrogens with zero attached hydrogens (tertiary/aromatic N) is 4. The highest BCUT2D eigenvalue weighted by atomic mass is 32.1. The highest BCUT2D eigenvalue weighted by molar-refractivity contribution is 7.19. The lowest BCUT2D eigenvalue weighted by molar-refractivity contribution is 0.218. The first-order valence-corrected chi connectivity index (χ1v) is 12.6. The maximum Gasteiger partial charge on any atom is 0.262 e. The van der Waals surface area contributed by atoms with Crippen molar-refractivity contribution >= 4 is 48.7 Å². The van der Waals surface area contributed by atoms with Crippen molar-refractivity contribution in [2.24, 2.45) is 11.3 Å². The molecule has 0 bridgehead atoms. The number of aliphatic hydroxyl groups excluding tert-OH is 1. The Balaban J connectivity index is 1.52. The Bertz CT molecular complexity index is 1480. The van der Waals surface area contributed by atoms with Crippen LogP contribution < -0.4 is 5.56 Å². The number of aliphatic hydroxyl groups is 1. The number of allylic oxidation sites excluding steroid dienone is 2. The van der Waals surface area contributed by atoms with Crippen molar-refractivity contribution in [3.05, 3.63) is 62.2 Å². The topological polar surface area (TPSA) is 91.8 Å². The van der Waals surface area contributed by atoms with Crippen LogP contribution in [0.2, 0.25) is 0 Å². The Kier molecular flexibility index (Phi) is 5.34. The number of hydrogen-bond acceptors (Lipinski definition) is 7.